The molecule has 126 valence electrons. The van der Waals surface area contributed by atoms with Gasteiger partial charge in [-0.1, -0.05) is 12.2 Å². The van der Waals surface area contributed by atoms with Crippen LogP contribution in [0.3, 0.4) is 0 Å². The highest BCUT2D eigenvalue weighted by molar-refractivity contribution is 5.74. The number of nitrogens with one attached hydrogen (secondary N) is 1. The Hall–Kier alpha value is -1.24. The standard InChI is InChI=1S/C15H23F3N2O2/c16-15(17,18)13(21)12-6-8-20(9-7-12)14(22)19-10-11-4-2-1-3-5-11/h1-2,11-13,21H,3-10H2,(H,19,22)/t11-,13+/m0/s1. The van der Waals surface area contributed by atoms with Gasteiger partial charge in [0.05, 0.1) is 0 Å². The number of carbonyl (C=O) groups is 1. The molecule has 0 bridgehead atoms. The zero-order valence-corrected chi connectivity index (χ0v) is 12.5. The molecule has 7 heteroatoms. The van der Waals surface area contributed by atoms with E-state index in [-0.39, 0.29) is 32.0 Å². The van der Waals surface area contributed by atoms with Gasteiger partial charge >= 0.3 is 12.2 Å². The van der Waals surface area contributed by atoms with Crippen LogP contribution in [-0.4, -0.2) is 48.0 Å². The average molecular weight is 320 g/mol. The Bertz CT molecular complexity index is 404. The van der Waals surface area contributed by atoms with Crippen LogP contribution in [-0.2, 0) is 0 Å². The number of rotatable bonds is 3. The number of allylic oxidation sites excluding steroid dienone is 2. The van der Waals surface area contributed by atoms with Gasteiger partial charge in [0.2, 0.25) is 0 Å². The second-order valence-electron chi connectivity index (χ2n) is 6.15. The summed E-state index contributed by atoms with van der Waals surface area (Å²) < 4.78 is 37.4. The van der Waals surface area contributed by atoms with Crippen LogP contribution < -0.4 is 5.32 Å². The number of amides is 2. The van der Waals surface area contributed by atoms with E-state index in [1.807, 2.05) is 0 Å². The predicted molar refractivity (Wildman–Crippen MR) is 76.2 cm³/mol. The molecule has 1 saturated heterocycles. The predicted octanol–water partition coefficient (Wildman–Crippen LogP) is 2.69. The van der Waals surface area contributed by atoms with Crippen molar-refractivity contribution in [3.05, 3.63) is 12.2 Å². The van der Waals surface area contributed by atoms with Crippen molar-refractivity contribution < 1.29 is 23.1 Å². The third-order valence-corrected chi connectivity index (χ3v) is 4.53. The van der Waals surface area contributed by atoms with Crippen LogP contribution >= 0.6 is 0 Å². The van der Waals surface area contributed by atoms with Gasteiger partial charge in [-0.05, 0) is 43.9 Å². The highest BCUT2D eigenvalue weighted by Crippen LogP contribution is 2.31. The Kier molecular flexibility index (Phi) is 5.72. The third-order valence-electron chi connectivity index (χ3n) is 4.53. The van der Waals surface area contributed by atoms with Crippen molar-refractivity contribution >= 4 is 6.03 Å². The van der Waals surface area contributed by atoms with E-state index in [1.54, 1.807) is 0 Å². The molecular weight excluding hydrogens is 297 g/mol. The highest BCUT2D eigenvalue weighted by atomic mass is 19.4. The molecule has 1 fully saturated rings. The Morgan fingerprint density at radius 1 is 1.27 bits per heavy atom. The van der Waals surface area contributed by atoms with E-state index >= 15 is 0 Å². The third kappa shape index (κ3) is 4.63. The number of halogens is 3. The zero-order chi connectivity index (χ0) is 16.2. The first kappa shape index (κ1) is 17.1. The van der Waals surface area contributed by atoms with Crippen LogP contribution in [0.4, 0.5) is 18.0 Å². The molecule has 0 aromatic carbocycles. The van der Waals surface area contributed by atoms with Crippen molar-refractivity contribution in [2.24, 2.45) is 11.8 Å². The van der Waals surface area contributed by atoms with Crippen LogP contribution in [0.25, 0.3) is 0 Å². The quantitative estimate of drug-likeness (QED) is 0.786. The normalized spacial score (nSPS) is 25.1. The molecule has 0 aromatic heterocycles. The highest BCUT2D eigenvalue weighted by Gasteiger charge is 2.44. The van der Waals surface area contributed by atoms with Crippen molar-refractivity contribution in [3.63, 3.8) is 0 Å². The van der Waals surface area contributed by atoms with Gasteiger partial charge in [-0.25, -0.2) is 4.79 Å². The van der Waals surface area contributed by atoms with Gasteiger partial charge in [-0.15, -0.1) is 0 Å². The summed E-state index contributed by atoms with van der Waals surface area (Å²) in [5.41, 5.74) is 0. The topological polar surface area (TPSA) is 52.6 Å². The van der Waals surface area contributed by atoms with E-state index in [1.165, 1.54) is 4.90 Å². The molecular formula is C15H23F3N2O2. The number of hydrogen-bond acceptors (Lipinski definition) is 2. The van der Waals surface area contributed by atoms with E-state index in [0.29, 0.717) is 12.5 Å². The number of likely N-dealkylation sites (tertiary alicyclic amines) is 1. The monoisotopic (exact) mass is 320 g/mol. The molecule has 0 aromatic rings. The molecule has 0 unspecified atom stereocenters. The molecule has 1 heterocycles. The van der Waals surface area contributed by atoms with E-state index in [9.17, 15) is 23.1 Å². The summed E-state index contributed by atoms with van der Waals surface area (Å²) in [6.07, 6.45) is 0.786. The number of alkyl halides is 3. The van der Waals surface area contributed by atoms with Gasteiger partial charge < -0.3 is 15.3 Å². The molecule has 2 atom stereocenters. The fraction of sp³-hybridized carbons (Fsp3) is 0.800. The number of aliphatic hydroxyl groups excluding tert-OH is 1. The van der Waals surface area contributed by atoms with Crippen LogP contribution in [0.2, 0.25) is 0 Å². The van der Waals surface area contributed by atoms with E-state index in [4.69, 9.17) is 0 Å². The van der Waals surface area contributed by atoms with E-state index < -0.39 is 18.2 Å². The van der Waals surface area contributed by atoms with Crippen LogP contribution in [0, 0.1) is 11.8 Å². The SMILES string of the molecule is O=C(NC[C@H]1CC=CCC1)N1CCC([C@@H](O)C(F)(F)F)CC1. The van der Waals surface area contributed by atoms with Gasteiger partial charge in [0, 0.05) is 19.6 Å². The molecule has 2 amide bonds. The Morgan fingerprint density at radius 3 is 2.50 bits per heavy atom. The van der Waals surface area contributed by atoms with Crippen molar-refractivity contribution in [2.45, 2.75) is 44.4 Å². The number of aliphatic hydroxyl groups is 1. The lowest BCUT2D eigenvalue weighted by atomic mass is 9.91. The minimum atomic E-state index is -4.58. The van der Waals surface area contributed by atoms with Crippen LogP contribution in [0.15, 0.2) is 12.2 Å². The van der Waals surface area contributed by atoms with Crippen molar-refractivity contribution in [2.75, 3.05) is 19.6 Å². The Balaban J connectivity index is 1.71. The summed E-state index contributed by atoms with van der Waals surface area (Å²) >= 11 is 0. The maximum Gasteiger partial charge on any atom is 0.414 e. The molecule has 0 radical (unpaired) electrons. The van der Waals surface area contributed by atoms with Gasteiger partial charge in [0.25, 0.3) is 0 Å². The Morgan fingerprint density at radius 2 is 1.95 bits per heavy atom. The lowest BCUT2D eigenvalue weighted by Gasteiger charge is -2.35. The summed E-state index contributed by atoms with van der Waals surface area (Å²) in [6, 6.07) is -0.213. The fourth-order valence-corrected chi connectivity index (χ4v) is 3.07. The van der Waals surface area contributed by atoms with Gasteiger partial charge in [0.1, 0.15) is 0 Å². The van der Waals surface area contributed by atoms with Crippen molar-refractivity contribution in [1.82, 2.24) is 10.2 Å². The zero-order valence-electron chi connectivity index (χ0n) is 12.5. The minimum absolute atomic E-state index is 0.181. The molecule has 2 rings (SSSR count). The summed E-state index contributed by atoms with van der Waals surface area (Å²) in [6.45, 7) is 1.12. The maximum atomic E-state index is 12.5. The maximum absolute atomic E-state index is 12.5. The number of carbonyl (C=O) groups excluding carboxylic acids is 1. The molecule has 1 aliphatic heterocycles. The first-order valence-corrected chi connectivity index (χ1v) is 7.80. The van der Waals surface area contributed by atoms with Gasteiger partial charge in [-0.2, -0.15) is 13.2 Å². The van der Waals surface area contributed by atoms with Crippen molar-refractivity contribution in [3.8, 4) is 0 Å². The number of urea groups is 1. The summed E-state index contributed by atoms with van der Waals surface area (Å²) in [5.74, 6) is -0.369. The number of nitrogens with zero attached hydrogens (tertiary/aromatic N) is 1. The van der Waals surface area contributed by atoms with Gasteiger partial charge in [0.15, 0.2) is 6.10 Å². The number of piperidine rings is 1. The molecule has 2 aliphatic rings. The molecule has 0 spiro atoms. The molecule has 0 saturated carbocycles. The van der Waals surface area contributed by atoms with E-state index in [0.717, 1.165) is 19.3 Å². The first-order valence-electron chi connectivity index (χ1n) is 7.80. The molecule has 22 heavy (non-hydrogen) atoms. The lowest BCUT2D eigenvalue weighted by Crippen LogP contribution is -2.48. The van der Waals surface area contributed by atoms with Gasteiger partial charge in [-0.3, -0.25) is 0 Å². The second kappa shape index (κ2) is 7.35. The number of hydrogen-bond donors (Lipinski definition) is 2. The fourth-order valence-electron chi connectivity index (χ4n) is 3.07. The largest absolute Gasteiger partial charge is 0.414 e. The summed E-state index contributed by atoms with van der Waals surface area (Å²) in [4.78, 5) is 13.6. The van der Waals surface area contributed by atoms with Crippen molar-refractivity contribution in [1.29, 1.82) is 0 Å². The summed E-state index contributed by atoms with van der Waals surface area (Å²) in [7, 11) is 0. The Labute approximate surface area is 128 Å². The smallest absolute Gasteiger partial charge is 0.383 e. The minimum Gasteiger partial charge on any atom is -0.383 e. The second-order valence-corrected chi connectivity index (χ2v) is 6.15. The molecule has 4 nitrogen and oxygen atoms in total. The molecule has 1 aliphatic carbocycles. The van der Waals surface area contributed by atoms with Crippen LogP contribution in [0.1, 0.15) is 32.1 Å². The average Bonchev–Trinajstić information content (AvgIpc) is 2.52. The first-order chi connectivity index (χ1) is 10.4. The molecule has 2 N–H and O–H groups in total. The van der Waals surface area contributed by atoms with E-state index in [2.05, 4.69) is 17.5 Å². The summed E-state index contributed by atoms with van der Waals surface area (Å²) in [5, 5.41) is 12.1. The van der Waals surface area contributed by atoms with Crippen LogP contribution in [0.5, 0.6) is 0 Å². The lowest BCUT2D eigenvalue weighted by molar-refractivity contribution is -0.222.